The number of nitrogens with zero attached hydrogens (tertiary/aromatic N) is 1. The maximum absolute atomic E-state index is 13.3. The molecule has 2 aromatic rings. The predicted octanol–water partition coefficient (Wildman–Crippen LogP) is 4.70. The maximum Gasteiger partial charge on any atom is 0.123 e. The average Bonchev–Trinajstić information content (AvgIpc) is 2.27. The lowest BCUT2D eigenvalue weighted by molar-refractivity contribution is 0.624. The third-order valence-corrected chi connectivity index (χ3v) is 3.11. The van der Waals surface area contributed by atoms with Crippen LogP contribution in [0.1, 0.15) is 44.9 Å². The zero-order chi connectivity index (χ0) is 13.3. The normalized spacial score (nSPS) is 11.7. The van der Waals surface area contributed by atoms with Crippen molar-refractivity contribution in [3.63, 3.8) is 0 Å². The monoisotopic (exact) mass is 245 g/mol. The van der Waals surface area contributed by atoms with Gasteiger partial charge in [0.15, 0.2) is 0 Å². The SMILES string of the molecule is CC(C)Cc1nc2ccc(F)cc2cc1C(C)C. The van der Waals surface area contributed by atoms with Crippen molar-refractivity contribution in [2.75, 3.05) is 0 Å². The molecule has 2 rings (SSSR count). The minimum absolute atomic E-state index is 0.199. The first-order valence-corrected chi connectivity index (χ1v) is 6.56. The Morgan fingerprint density at radius 2 is 1.83 bits per heavy atom. The molecule has 0 unspecified atom stereocenters. The number of hydrogen-bond acceptors (Lipinski definition) is 1. The zero-order valence-electron chi connectivity index (χ0n) is 11.5. The molecular weight excluding hydrogens is 225 g/mol. The van der Waals surface area contributed by atoms with Crippen LogP contribution in [0.25, 0.3) is 10.9 Å². The van der Waals surface area contributed by atoms with Gasteiger partial charge >= 0.3 is 0 Å². The van der Waals surface area contributed by atoms with E-state index in [9.17, 15) is 4.39 Å². The number of halogens is 1. The van der Waals surface area contributed by atoms with Crippen LogP contribution in [-0.4, -0.2) is 4.98 Å². The summed E-state index contributed by atoms with van der Waals surface area (Å²) < 4.78 is 13.3. The van der Waals surface area contributed by atoms with Crippen molar-refractivity contribution in [3.05, 3.63) is 41.3 Å². The lowest BCUT2D eigenvalue weighted by Crippen LogP contribution is -2.04. The highest BCUT2D eigenvalue weighted by atomic mass is 19.1. The molecular formula is C16H20FN. The van der Waals surface area contributed by atoms with Gasteiger partial charge in [0.1, 0.15) is 5.82 Å². The van der Waals surface area contributed by atoms with Crippen molar-refractivity contribution in [1.82, 2.24) is 4.98 Å². The Bertz CT molecular complexity index is 558. The molecule has 96 valence electrons. The van der Waals surface area contributed by atoms with E-state index in [1.165, 1.54) is 11.6 Å². The van der Waals surface area contributed by atoms with Gasteiger partial charge in [0, 0.05) is 11.1 Å². The Hall–Kier alpha value is -1.44. The van der Waals surface area contributed by atoms with E-state index in [-0.39, 0.29) is 5.82 Å². The molecule has 0 saturated heterocycles. The van der Waals surface area contributed by atoms with Gasteiger partial charge in [-0.1, -0.05) is 27.7 Å². The van der Waals surface area contributed by atoms with Crippen LogP contribution < -0.4 is 0 Å². The highest BCUT2D eigenvalue weighted by molar-refractivity contribution is 5.79. The lowest BCUT2D eigenvalue weighted by Gasteiger charge is -2.15. The predicted molar refractivity (Wildman–Crippen MR) is 74.3 cm³/mol. The molecule has 0 fully saturated rings. The van der Waals surface area contributed by atoms with Crippen molar-refractivity contribution in [1.29, 1.82) is 0 Å². The molecule has 1 nitrogen and oxygen atoms in total. The summed E-state index contributed by atoms with van der Waals surface area (Å²) in [6.45, 7) is 8.71. The molecule has 18 heavy (non-hydrogen) atoms. The first-order valence-electron chi connectivity index (χ1n) is 6.56. The number of benzene rings is 1. The Morgan fingerprint density at radius 1 is 1.11 bits per heavy atom. The van der Waals surface area contributed by atoms with Crippen LogP contribution in [0.3, 0.4) is 0 Å². The first kappa shape index (κ1) is 13.0. The molecule has 0 aliphatic rings. The molecule has 0 amide bonds. The fraction of sp³-hybridized carbons (Fsp3) is 0.438. The molecule has 0 spiro atoms. The Labute approximate surface area is 108 Å². The first-order chi connectivity index (χ1) is 8.47. The molecule has 2 heteroatoms. The van der Waals surface area contributed by atoms with Crippen LogP contribution in [0, 0.1) is 11.7 Å². The number of fused-ring (bicyclic) bond motifs is 1. The third-order valence-electron chi connectivity index (χ3n) is 3.11. The van der Waals surface area contributed by atoms with E-state index in [1.807, 2.05) is 0 Å². The van der Waals surface area contributed by atoms with Gasteiger partial charge in [0.2, 0.25) is 0 Å². The van der Waals surface area contributed by atoms with E-state index < -0.39 is 0 Å². The zero-order valence-corrected chi connectivity index (χ0v) is 11.5. The van der Waals surface area contributed by atoms with Gasteiger partial charge in [0.05, 0.1) is 5.52 Å². The second-order valence-corrected chi connectivity index (χ2v) is 5.61. The van der Waals surface area contributed by atoms with Gasteiger partial charge in [-0.2, -0.15) is 0 Å². The summed E-state index contributed by atoms with van der Waals surface area (Å²) in [5, 5.41) is 0.895. The molecule has 1 aromatic heterocycles. The van der Waals surface area contributed by atoms with Gasteiger partial charge in [-0.15, -0.1) is 0 Å². The largest absolute Gasteiger partial charge is 0.253 e. The summed E-state index contributed by atoms with van der Waals surface area (Å²) in [5.74, 6) is 0.794. The molecule has 1 aromatic carbocycles. The molecule has 0 atom stereocenters. The smallest absolute Gasteiger partial charge is 0.123 e. The van der Waals surface area contributed by atoms with E-state index in [0.717, 1.165) is 23.0 Å². The lowest BCUT2D eigenvalue weighted by atomic mass is 9.94. The van der Waals surface area contributed by atoms with E-state index in [0.29, 0.717) is 11.8 Å². The second-order valence-electron chi connectivity index (χ2n) is 5.61. The topological polar surface area (TPSA) is 12.9 Å². The van der Waals surface area contributed by atoms with Gasteiger partial charge in [-0.3, -0.25) is 4.98 Å². The van der Waals surface area contributed by atoms with E-state index in [1.54, 1.807) is 12.1 Å². The fourth-order valence-electron chi connectivity index (χ4n) is 2.25. The molecule has 0 saturated carbocycles. The molecule has 0 N–H and O–H groups in total. The molecule has 0 bridgehead atoms. The van der Waals surface area contributed by atoms with E-state index in [2.05, 4.69) is 33.8 Å². The standard InChI is InChI=1S/C16H20FN/c1-10(2)7-16-14(11(3)4)9-12-8-13(17)5-6-15(12)18-16/h5-6,8-11H,7H2,1-4H3. The van der Waals surface area contributed by atoms with Crippen molar-refractivity contribution in [2.45, 2.75) is 40.0 Å². The van der Waals surface area contributed by atoms with Crippen LogP contribution in [0.2, 0.25) is 0 Å². The number of rotatable bonds is 3. The summed E-state index contributed by atoms with van der Waals surface area (Å²) in [6.07, 6.45) is 0.973. The summed E-state index contributed by atoms with van der Waals surface area (Å²) in [6, 6.07) is 6.89. The highest BCUT2D eigenvalue weighted by Gasteiger charge is 2.12. The summed E-state index contributed by atoms with van der Waals surface area (Å²) in [5.41, 5.74) is 3.28. The van der Waals surface area contributed by atoms with Crippen molar-refractivity contribution in [2.24, 2.45) is 5.92 Å². The van der Waals surface area contributed by atoms with Crippen LogP contribution in [0.4, 0.5) is 4.39 Å². The molecule has 1 heterocycles. The average molecular weight is 245 g/mol. The Balaban J connectivity index is 2.60. The van der Waals surface area contributed by atoms with Crippen molar-refractivity contribution >= 4 is 10.9 Å². The molecule has 0 radical (unpaired) electrons. The minimum atomic E-state index is -0.199. The Kier molecular flexibility index (Phi) is 3.65. The van der Waals surface area contributed by atoms with Gasteiger partial charge in [0.25, 0.3) is 0 Å². The van der Waals surface area contributed by atoms with Crippen LogP contribution in [0.5, 0.6) is 0 Å². The maximum atomic E-state index is 13.3. The van der Waals surface area contributed by atoms with Gasteiger partial charge in [-0.25, -0.2) is 4.39 Å². The molecule has 0 aliphatic carbocycles. The van der Waals surface area contributed by atoms with E-state index in [4.69, 9.17) is 4.98 Å². The summed E-state index contributed by atoms with van der Waals surface area (Å²) in [7, 11) is 0. The number of hydrogen-bond donors (Lipinski definition) is 0. The minimum Gasteiger partial charge on any atom is -0.253 e. The van der Waals surface area contributed by atoms with Gasteiger partial charge in [-0.05, 0) is 48.1 Å². The number of pyridine rings is 1. The second kappa shape index (κ2) is 5.05. The number of aromatic nitrogens is 1. The van der Waals surface area contributed by atoms with Crippen LogP contribution >= 0.6 is 0 Å². The highest BCUT2D eigenvalue weighted by Crippen LogP contribution is 2.25. The summed E-state index contributed by atoms with van der Waals surface area (Å²) >= 11 is 0. The molecule has 0 aliphatic heterocycles. The van der Waals surface area contributed by atoms with Crippen LogP contribution in [0.15, 0.2) is 24.3 Å². The quantitative estimate of drug-likeness (QED) is 0.764. The van der Waals surface area contributed by atoms with E-state index >= 15 is 0 Å². The van der Waals surface area contributed by atoms with Crippen LogP contribution in [-0.2, 0) is 6.42 Å². The van der Waals surface area contributed by atoms with Crippen molar-refractivity contribution < 1.29 is 4.39 Å². The van der Waals surface area contributed by atoms with Gasteiger partial charge < -0.3 is 0 Å². The Morgan fingerprint density at radius 3 is 2.44 bits per heavy atom. The summed E-state index contributed by atoms with van der Waals surface area (Å²) in [4.78, 5) is 4.71. The fourth-order valence-corrected chi connectivity index (χ4v) is 2.25. The third kappa shape index (κ3) is 2.69. The van der Waals surface area contributed by atoms with Crippen molar-refractivity contribution in [3.8, 4) is 0 Å².